The number of hydrogen-bond donors (Lipinski definition) is 1. The third-order valence-corrected chi connectivity index (χ3v) is 2.42. The second kappa shape index (κ2) is 5.80. The van der Waals surface area contributed by atoms with Crippen molar-refractivity contribution in [2.24, 2.45) is 0 Å². The molecule has 5 heteroatoms. The Bertz CT molecular complexity index is 445. The molecule has 1 atom stereocenters. The van der Waals surface area contributed by atoms with Crippen LogP contribution in [0.2, 0.25) is 5.02 Å². The van der Waals surface area contributed by atoms with Gasteiger partial charge in [-0.1, -0.05) is 24.2 Å². The van der Waals surface area contributed by atoms with Crippen LogP contribution in [0.15, 0.2) is 30.4 Å². The van der Waals surface area contributed by atoms with Crippen molar-refractivity contribution in [1.82, 2.24) is 0 Å². The molecule has 0 fully saturated rings. The first kappa shape index (κ1) is 13.7. The van der Waals surface area contributed by atoms with Crippen LogP contribution in [-0.4, -0.2) is 17.7 Å². The van der Waals surface area contributed by atoms with E-state index in [0.29, 0.717) is 0 Å². The molecule has 0 bridgehead atoms. The molecule has 0 aromatic heterocycles. The van der Waals surface area contributed by atoms with Gasteiger partial charge in [0.05, 0.1) is 17.2 Å². The lowest BCUT2D eigenvalue weighted by Crippen LogP contribution is -2.13. The summed E-state index contributed by atoms with van der Waals surface area (Å²) in [5.74, 6) is -1.29. The lowest BCUT2D eigenvalue weighted by atomic mass is 10.0. The van der Waals surface area contributed by atoms with Crippen molar-refractivity contribution in [3.63, 3.8) is 0 Å². The number of esters is 1. The van der Waals surface area contributed by atoms with Crippen molar-refractivity contribution in [3.05, 3.63) is 46.8 Å². The molecule has 1 aromatic carbocycles. The standard InChI is InChI=1S/C12H12ClFO3/c1-3-17-12(16)7(2)11(15)8-4-5-10(14)9(13)6-8/h4-6,11,15H,2-3H2,1H3. The Morgan fingerprint density at radius 2 is 2.29 bits per heavy atom. The van der Waals surface area contributed by atoms with Crippen LogP contribution in [0.3, 0.4) is 0 Å². The van der Waals surface area contributed by atoms with E-state index in [1.54, 1.807) is 6.92 Å². The molecule has 17 heavy (non-hydrogen) atoms. The molecule has 0 amide bonds. The van der Waals surface area contributed by atoms with E-state index in [4.69, 9.17) is 16.3 Å². The van der Waals surface area contributed by atoms with Crippen molar-refractivity contribution in [2.45, 2.75) is 13.0 Å². The van der Waals surface area contributed by atoms with Crippen LogP contribution < -0.4 is 0 Å². The second-order valence-corrected chi connectivity index (χ2v) is 3.73. The van der Waals surface area contributed by atoms with E-state index in [1.165, 1.54) is 12.1 Å². The van der Waals surface area contributed by atoms with Gasteiger partial charge in [-0.05, 0) is 24.6 Å². The fourth-order valence-corrected chi connectivity index (χ4v) is 1.41. The lowest BCUT2D eigenvalue weighted by Gasteiger charge is -2.13. The molecule has 1 aromatic rings. The molecule has 92 valence electrons. The zero-order valence-electron chi connectivity index (χ0n) is 9.24. The largest absolute Gasteiger partial charge is 0.463 e. The van der Waals surface area contributed by atoms with Crippen molar-refractivity contribution in [3.8, 4) is 0 Å². The number of carbonyl (C=O) groups excluding carboxylic acids is 1. The normalized spacial score (nSPS) is 12.0. The van der Waals surface area contributed by atoms with Crippen molar-refractivity contribution in [2.75, 3.05) is 6.61 Å². The Morgan fingerprint density at radius 1 is 1.65 bits per heavy atom. The maximum absolute atomic E-state index is 12.9. The predicted octanol–water partition coefficient (Wildman–Crippen LogP) is 2.63. The van der Waals surface area contributed by atoms with Crippen molar-refractivity contribution < 1.29 is 19.0 Å². The molecule has 0 aliphatic heterocycles. The molecular formula is C12H12ClFO3. The summed E-state index contributed by atoms with van der Waals surface area (Å²) in [6, 6.07) is 3.68. The van der Waals surface area contributed by atoms with Crippen LogP contribution in [-0.2, 0) is 9.53 Å². The van der Waals surface area contributed by atoms with Gasteiger partial charge in [0, 0.05) is 0 Å². The molecule has 0 saturated heterocycles. The molecular weight excluding hydrogens is 247 g/mol. The third-order valence-electron chi connectivity index (χ3n) is 2.13. The zero-order valence-corrected chi connectivity index (χ0v) is 10.00. The van der Waals surface area contributed by atoms with Crippen molar-refractivity contribution >= 4 is 17.6 Å². The lowest BCUT2D eigenvalue weighted by molar-refractivity contribution is -0.139. The summed E-state index contributed by atoms with van der Waals surface area (Å²) in [4.78, 5) is 11.3. The number of benzene rings is 1. The molecule has 0 radical (unpaired) electrons. The quantitative estimate of drug-likeness (QED) is 0.667. The monoisotopic (exact) mass is 258 g/mol. The maximum atomic E-state index is 12.9. The molecule has 1 unspecified atom stereocenters. The van der Waals surface area contributed by atoms with E-state index < -0.39 is 17.9 Å². The SMILES string of the molecule is C=C(C(=O)OCC)C(O)c1ccc(F)c(Cl)c1. The predicted molar refractivity (Wildman–Crippen MR) is 62.1 cm³/mol. The van der Waals surface area contributed by atoms with Gasteiger partial charge in [-0.3, -0.25) is 0 Å². The van der Waals surface area contributed by atoms with Crippen LogP contribution >= 0.6 is 11.6 Å². The van der Waals surface area contributed by atoms with E-state index in [0.717, 1.165) is 6.07 Å². The summed E-state index contributed by atoms with van der Waals surface area (Å²) >= 11 is 5.57. The highest BCUT2D eigenvalue weighted by molar-refractivity contribution is 6.30. The van der Waals surface area contributed by atoms with Gasteiger partial charge >= 0.3 is 5.97 Å². The van der Waals surface area contributed by atoms with Gasteiger partial charge in [0.2, 0.25) is 0 Å². The van der Waals surface area contributed by atoms with Crippen molar-refractivity contribution in [1.29, 1.82) is 0 Å². The summed E-state index contributed by atoms with van der Waals surface area (Å²) in [6.45, 7) is 5.27. The third kappa shape index (κ3) is 3.28. The molecule has 0 heterocycles. The fraction of sp³-hybridized carbons (Fsp3) is 0.250. The number of hydrogen-bond acceptors (Lipinski definition) is 3. The molecule has 0 aliphatic carbocycles. The van der Waals surface area contributed by atoms with Gasteiger partial charge in [-0.25, -0.2) is 9.18 Å². The summed E-state index contributed by atoms with van der Waals surface area (Å²) in [5, 5.41) is 9.69. The minimum Gasteiger partial charge on any atom is -0.463 e. The Balaban J connectivity index is 2.88. The summed E-state index contributed by atoms with van der Waals surface area (Å²) in [7, 11) is 0. The van der Waals surface area contributed by atoms with E-state index in [2.05, 4.69) is 6.58 Å². The average Bonchev–Trinajstić information content (AvgIpc) is 2.31. The van der Waals surface area contributed by atoms with Crippen LogP contribution in [0.25, 0.3) is 0 Å². The minimum atomic E-state index is -1.26. The highest BCUT2D eigenvalue weighted by Crippen LogP contribution is 2.25. The average molecular weight is 259 g/mol. The number of ether oxygens (including phenoxy) is 1. The highest BCUT2D eigenvalue weighted by Gasteiger charge is 2.20. The first-order chi connectivity index (χ1) is 7.97. The molecule has 1 N–H and O–H groups in total. The zero-order chi connectivity index (χ0) is 13.0. The van der Waals surface area contributed by atoms with E-state index in [1.807, 2.05) is 0 Å². The van der Waals surface area contributed by atoms with E-state index in [9.17, 15) is 14.3 Å². The molecule has 0 spiro atoms. The summed E-state index contributed by atoms with van der Waals surface area (Å²) in [5.41, 5.74) is 0.170. The summed E-state index contributed by atoms with van der Waals surface area (Å²) in [6.07, 6.45) is -1.26. The molecule has 0 saturated carbocycles. The van der Waals surface area contributed by atoms with Gasteiger partial charge in [0.15, 0.2) is 0 Å². The maximum Gasteiger partial charge on any atom is 0.336 e. The Kier molecular flexibility index (Phi) is 4.66. The fourth-order valence-electron chi connectivity index (χ4n) is 1.22. The Hall–Kier alpha value is -1.39. The topological polar surface area (TPSA) is 46.5 Å². The van der Waals surface area contributed by atoms with Crippen LogP contribution in [0.5, 0.6) is 0 Å². The molecule has 3 nitrogen and oxygen atoms in total. The van der Waals surface area contributed by atoms with Gasteiger partial charge in [-0.2, -0.15) is 0 Å². The van der Waals surface area contributed by atoms with E-state index in [-0.39, 0.29) is 22.8 Å². The summed E-state index contributed by atoms with van der Waals surface area (Å²) < 4.78 is 17.6. The first-order valence-corrected chi connectivity index (χ1v) is 5.34. The number of aliphatic hydroxyl groups is 1. The second-order valence-electron chi connectivity index (χ2n) is 3.32. The molecule has 0 aliphatic rings. The van der Waals surface area contributed by atoms with Gasteiger partial charge in [0.1, 0.15) is 11.9 Å². The molecule has 1 rings (SSSR count). The van der Waals surface area contributed by atoms with E-state index >= 15 is 0 Å². The van der Waals surface area contributed by atoms with Gasteiger partial charge in [-0.15, -0.1) is 0 Å². The Morgan fingerprint density at radius 3 is 2.82 bits per heavy atom. The van der Waals surface area contributed by atoms with Crippen LogP contribution in [0, 0.1) is 5.82 Å². The van der Waals surface area contributed by atoms with Gasteiger partial charge < -0.3 is 9.84 Å². The van der Waals surface area contributed by atoms with Crippen LogP contribution in [0.4, 0.5) is 4.39 Å². The number of aliphatic hydroxyl groups excluding tert-OH is 1. The highest BCUT2D eigenvalue weighted by atomic mass is 35.5. The van der Waals surface area contributed by atoms with Crippen LogP contribution in [0.1, 0.15) is 18.6 Å². The van der Waals surface area contributed by atoms with Gasteiger partial charge in [0.25, 0.3) is 0 Å². The number of rotatable bonds is 4. The Labute approximate surface area is 103 Å². The smallest absolute Gasteiger partial charge is 0.336 e. The first-order valence-electron chi connectivity index (χ1n) is 4.96. The minimum absolute atomic E-state index is 0.116. The number of carbonyl (C=O) groups is 1. The number of halogens is 2.